The Hall–Kier alpha value is -3.51. The van der Waals surface area contributed by atoms with Gasteiger partial charge in [0.2, 0.25) is 0 Å². The van der Waals surface area contributed by atoms with E-state index in [2.05, 4.69) is 66.0 Å². The van der Waals surface area contributed by atoms with Gasteiger partial charge in [-0.05, 0) is 80.0 Å². The third-order valence-corrected chi connectivity index (χ3v) is 6.93. The number of pyridine rings is 1. The fraction of sp³-hybridized carbons (Fsp3) is 0.214. The SMILES string of the molecule is CCc1ccccc1-n1c(C)cc([C@H]2[C@@H](c3ccccn3)NC(=S)N2c2ccccc2F)c1C. The average molecular weight is 471 g/mol. The second-order valence-corrected chi connectivity index (χ2v) is 8.98. The second-order valence-electron chi connectivity index (χ2n) is 8.59. The van der Waals surface area contributed by atoms with Gasteiger partial charge in [0.15, 0.2) is 5.11 Å². The van der Waals surface area contributed by atoms with Crippen LogP contribution in [0, 0.1) is 19.7 Å². The molecule has 5 rings (SSSR count). The first-order valence-corrected chi connectivity index (χ1v) is 11.9. The van der Waals surface area contributed by atoms with Gasteiger partial charge in [-0.1, -0.05) is 43.3 Å². The van der Waals surface area contributed by atoms with E-state index in [1.165, 1.54) is 17.3 Å². The van der Waals surface area contributed by atoms with Crippen LogP contribution in [-0.2, 0) is 6.42 Å². The molecule has 1 fully saturated rings. The molecule has 2 atom stereocenters. The molecule has 1 aliphatic rings. The van der Waals surface area contributed by atoms with Crippen LogP contribution in [0.2, 0.25) is 0 Å². The summed E-state index contributed by atoms with van der Waals surface area (Å²) in [4.78, 5) is 6.52. The minimum atomic E-state index is -0.302. The van der Waals surface area contributed by atoms with E-state index < -0.39 is 0 Å². The third-order valence-electron chi connectivity index (χ3n) is 6.61. The van der Waals surface area contributed by atoms with E-state index in [-0.39, 0.29) is 17.9 Å². The average Bonchev–Trinajstić information content (AvgIpc) is 3.35. The van der Waals surface area contributed by atoms with Crippen molar-refractivity contribution in [3.63, 3.8) is 0 Å². The van der Waals surface area contributed by atoms with Gasteiger partial charge in [-0.25, -0.2) is 4.39 Å². The van der Waals surface area contributed by atoms with Gasteiger partial charge in [-0.3, -0.25) is 4.98 Å². The summed E-state index contributed by atoms with van der Waals surface area (Å²) < 4.78 is 17.3. The van der Waals surface area contributed by atoms with Crippen LogP contribution in [0.1, 0.15) is 47.2 Å². The Bertz CT molecular complexity index is 1350. The topological polar surface area (TPSA) is 33.1 Å². The molecule has 4 aromatic rings. The van der Waals surface area contributed by atoms with Crippen LogP contribution < -0.4 is 10.2 Å². The Labute approximate surface area is 205 Å². The number of hydrogen-bond acceptors (Lipinski definition) is 2. The molecule has 4 nitrogen and oxygen atoms in total. The highest BCUT2D eigenvalue weighted by Crippen LogP contribution is 2.44. The first-order chi connectivity index (χ1) is 16.5. The number of benzene rings is 2. The lowest BCUT2D eigenvalue weighted by molar-refractivity contribution is 0.556. The standard InChI is InChI=1S/C28H27FN4S/c1-4-20-11-5-7-14-24(20)32-18(2)17-21(19(32)3)27-26(23-13-9-10-16-30-23)31-28(34)33(27)25-15-8-6-12-22(25)29/h5-17,26-27H,4H2,1-3H3,(H,31,34)/t26-,27+/m1/s1. The van der Waals surface area contributed by atoms with E-state index >= 15 is 4.39 Å². The maximum Gasteiger partial charge on any atom is 0.174 e. The molecular formula is C28H27FN4S. The van der Waals surface area contributed by atoms with Crippen molar-refractivity contribution >= 4 is 23.0 Å². The number of anilines is 1. The first-order valence-electron chi connectivity index (χ1n) is 11.5. The number of thiocarbonyl (C=S) groups is 1. The highest BCUT2D eigenvalue weighted by Gasteiger charge is 2.43. The van der Waals surface area contributed by atoms with Gasteiger partial charge >= 0.3 is 0 Å². The van der Waals surface area contributed by atoms with Crippen molar-refractivity contribution in [3.05, 3.63) is 113 Å². The van der Waals surface area contributed by atoms with E-state index in [1.807, 2.05) is 29.2 Å². The van der Waals surface area contributed by atoms with E-state index in [0.29, 0.717) is 10.8 Å². The second kappa shape index (κ2) is 9.03. The van der Waals surface area contributed by atoms with Crippen LogP contribution in [0.25, 0.3) is 5.69 Å². The summed E-state index contributed by atoms with van der Waals surface area (Å²) in [5.41, 5.74) is 7.11. The number of aryl methyl sites for hydroxylation is 2. The third kappa shape index (κ3) is 3.68. The summed E-state index contributed by atoms with van der Waals surface area (Å²) in [5.74, 6) is -0.302. The lowest BCUT2D eigenvalue weighted by Gasteiger charge is -2.28. The highest BCUT2D eigenvalue weighted by atomic mass is 32.1. The molecule has 1 saturated heterocycles. The number of aromatic nitrogens is 2. The quantitative estimate of drug-likeness (QED) is 0.344. The van der Waals surface area contributed by atoms with Gasteiger partial charge in [0.05, 0.1) is 23.5 Å². The minimum absolute atomic E-state index is 0.219. The van der Waals surface area contributed by atoms with E-state index in [0.717, 1.165) is 29.1 Å². The van der Waals surface area contributed by atoms with Crippen LogP contribution in [0.3, 0.4) is 0 Å². The number of halogens is 1. The molecule has 6 heteroatoms. The van der Waals surface area contributed by atoms with Gasteiger partial charge in [-0.2, -0.15) is 0 Å². The van der Waals surface area contributed by atoms with Crippen molar-refractivity contribution in [2.45, 2.75) is 39.3 Å². The lowest BCUT2D eigenvalue weighted by Crippen LogP contribution is -2.30. The lowest BCUT2D eigenvalue weighted by atomic mass is 9.96. The van der Waals surface area contributed by atoms with Crippen LogP contribution in [-0.4, -0.2) is 14.7 Å². The van der Waals surface area contributed by atoms with Gasteiger partial charge in [0.25, 0.3) is 0 Å². The molecular weight excluding hydrogens is 443 g/mol. The first kappa shape index (κ1) is 22.3. The van der Waals surface area contributed by atoms with Crippen LogP contribution in [0.4, 0.5) is 10.1 Å². The molecule has 1 aliphatic heterocycles. The van der Waals surface area contributed by atoms with Crippen molar-refractivity contribution in [3.8, 4) is 5.69 Å². The Morgan fingerprint density at radius 3 is 2.38 bits per heavy atom. The fourth-order valence-corrected chi connectivity index (χ4v) is 5.40. The Balaban J connectivity index is 1.71. The van der Waals surface area contributed by atoms with Crippen molar-refractivity contribution in [1.29, 1.82) is 0 Å². The molecule has 0 saturated carbocycles. The normalized spacial score (nSPS) is 17.8. The maximum atomic E-state index is 15.0. The molecule has 2 aromatic heterocycles. The zero-order valence-electron chi connectivity index (χ0n) is 19.5. The number of para-hydroxylation sites is 2. The summed E-state index contributed by atoms with van der Waals surface area (Å²) in [7, 11) is 0. The molecule has 0 radical (unpaired) electrons. The van der Waals surface area contributed by atoms with Crippen LogP contribution in [0.5, 0.6) is 0 Å². The Morgan fingerprint density at radius 1 is 0.971 bits per heavy atom. The number of nitrogens with zero attached hydrogens (tertiary/aromatic N) is 3. The Morgan fingerprint density at radius 2 is 1.68 bits per heavy atom. The van der Waals surface area contributed by atoms with Gasteiger partial charge in [0, 0.05) is 23.3 Å². The smallest absolute Gasteiger partial charge is 0.174 e. The number of hydrogen-bond donors (Lipinski definition) is 1. The molecule has 3 heterocycles. The van der Waals surface area contributed by atoms with E-state index in [1.54, 1.807) is 18.3 Å². The summed E-state index contributed by atoms with van der Waals surface area (Å²) in [6, 6.07) is 22.9. The van der Waals surface area contributed by atoms with Gasteiger partial charge < -0.3 is 14.8 Å². The minimum Gasteiger partial charge on any atom is -0.351 e. The maximum absolute atomic E-state index is 15.0. The summed E-state index contributed by atoms with van der Waals surface area (Å²) in [6.07, 6.45) is 2.72. The van der Waals surface area contributed by atoms with Crippen molar-refractivity contribution in [1.82, 2.24) is 14.9 Å². The van der Waals surface area contributed by atoms with Crippen molar-refractivity contribution in [2.24, 2.45) is 0 Å². The predicted molar refractivity (Wildman–Crippen MR) is 139 cm³/mol. The van der Waals surface area contributed by atoms with Crippen LogP contribution in [0.15, 0.2) is 79.0 Å². The number of nitrogens with one attached hydrogen (secondary N) is 1. The molecule has 0 spiro atoms. The molecule has 0 bridgehead atoms. The predicted octanol–water partition coefficient (Wildman–Crippen LogP) is 6.37. The van der Waals surface area contributed by atoms with Gasteiger partial charge in [0.1, 0.15) is 5.82 Å². The van der Waals surface area contributed by atoms with Crippen molar-refractivity contribution < 1.29 is 4.39 Å². The molecule has 172 valence electrons. The van der Waals surface area contributed by atoms with E-state index in [4.69, 9.17) is 12.2 Å². The fourth-order valence-electron chi connectivity index (χ4n) is 5.06. The molecule has 0 aliphatic carbocycles. The van der Waals surface area contributed by atoms with E-state index in [9.17, 15) is 0 Å². The zero-order chi connectivity index (χ0) is 23.8. The largest absolute Gasteiger partial charge is 0.351 e. The van der Waals surface area contributed by atoms with Gasteiger partial charge in [-0.15, -0.1) is 0 Å². The molecule has 34 heavy (non-hydrogen) atoms. The summed E-state index contributed by atoms with van der Waals surface area (Å²) in [6.45, 7) is 6.42. The molecule has 0 unspecified atom stereocenters. The Kier molecular flexibility index (Phi) is 5.92. The number of rotatable bonds is 5. The monoisotopic (exact) mass is 470 g/mol. The zero-order valence-corrected chi connectivity index (χ0v) is 20.3. The van der Waals surface area contributed by atoms with Crippen molar-refractivity contribution in [2.75, 3.05) is 4.90 Å². The summed E-state index contributed by atoms with van der Waals surface area (Å²) in [5, 5.41) is 3.92. The summed E-state index contributed by atoms with van der Waals surface area (Å²) >= 11 is 5.77. The highest BCUT2D eigenvalue weighted by molar-refractivity contribution is 7.80. The van der Waals surface area contributed by atoms with Crippen LogP contribution >= 0.6 is 12.2 Å². The molecule has 1 N–H and O–H groups in total. The molecule has 0 amide bonds. The molecule has 2 aromatic carbocycles.